The molecule has 17 heavy (non-hydrogen) atoms. The van der Waals surface area contributed by atoms with Crippen molar-refractivity contribution in [3.63, 3.8) is 0 Å². The summed E-state index contributed by atoms with van der Waals surface area (Å²) in [5.74, 6) is 0. The molecule has 2 fully saturated rings. The van der Waals surface area contributed by atoms with Crippen LogP contribution in [0.2, 0.25) is 0 Å². The first kappa shape index (κ1) is 15.6. The summed E-state index contributed by atoms with van der Waals surface area (Å²) in [5.41, 5.74) is 0. The van der Waals surface area contributed by atoms with Crippen molar-refractivity contribution in [3.8, 4) is 0 Å². The average molecular weight is 512 g/mol. The normalized spacial score (nSPS) is 26.3. The maximum atomic E-state index is 11.8. The Balaban J connectivity index is 1.78. The number of rotatable bonds is 4. The summed E-state index contributed by atoms with van der Waals surface area (Å²) in [6.45, 7) is 3.82. The van der Waals surface area contributed by atoms with Gasteiger partial charge in [-0.15, -0.1) is 0 Å². The second-order valence-electron chi connectivity index (χ2n) is 3.52. The van der Waals surface area contributed by atoms with E-state index >= 15 is 0 Å². The van der Waals surface area contributed by atoms with Gasteiger partial charge in [0.1, 0.15) is 0 Å². The van der Waals surface area contributed by atoms with Gasteiger partial charge in [0.15, 0.2) is 0 Å². The first-order valence-corrected chi connectivity index (χ1v) is 18.4. The third-order valence-corrected chi connectivity index (χ3v) is 33.5. The fourth-order valence-corrected chi connectivity index (χ4v) is 27.2. The molecular formula is C3H9In2O9P3. The Labute approximate surface area is 117 Å². The second kappa shape index (κ2) is 5.19. The molecule has 9 nitrogen and oxygen atoms in total. The van der Waals surface area contributed by atoms with Crippen LogP contribution in [0.1, 0.15) is 0 Å². The van der Waals surface area contributed by atoms with E-state index in [0.717, 1.165) is 0 Å². The predicted octanol–water partition coefficient (Wildman–Crippen LogP) is 1.55. The van der Waals surface area contributed by atoms with Crippen LogP contribution >= 0.6 is 22.8 Å². The Hall–Kier alpha value is 2.19. The van der Waals surface area contributed by atoms with Crippen LogP contribution in [0.5, 0.6) is 0 Å². The molecule has 0 unspecified atom stereocenters. The van der Waals surface area contributed by atoms with Gasteiger partial charge in [-0.3, -0.25) is 0 Å². The van der Waals surface area contributed by atoms with E-state index in [-0.39, 0.29) is 0 Å². The molecule has 0 amide bonds. The van der Waals surface area contributed by atoms with E-state index in [0.29, 0.717) is 0 Å². The van der Waals surface area contributed by atoms with E-state index < -0.39 is 68.3 Å². The van der Waals surface area contributed by atoms with Gasteiger partial charge in [0, 0.05) is 0 Å². The van der Waals surface area contributed by atoms with Gasteiger partial charge < -0.3 is 0 Å². The molecule has 0 N–H and O–H groups in total. The molecule has 0 aromatic heterocycles. The topological polar surface area (TPSA) is 107 Å². The molecule has 0 radical (unpaired) electrons. The molecule has 0 aromatic rings. The molecule has 2 aliphatic rings. The molecule has 2 rings (SSSR count). The van der Waals surface area contributed by atoms with Crippen LogP contribution in [0.4, 0.5) is 0 Å². The quantitative estimate of drug-likeness (QED) is 0.520. The van der Waals surface area contributed by atoms with Gasteiger partial charge in [0.05, 0.1) is 0 Å². The van der Waals surface area contributed by atoms with E-state index in [1.807, 2.05) is 0 Å². The van der Waals surface area contributed by atoms with Crippen LogP contribution in [0, 0.1) is 0 Å². The Morgan fingerprint density at radius 3 is 1.47 bits per heavy atom. The van der Waals surface area contributed by atoms with Gasteiger partial charge in [-0.25, -0.2) is 0 Å². The third kappa shape index (κ3) is 4.60. The molecule has 2 heterocycles. The fourth-order valence-electron chi connectivity index (χ4n) is 1.06. The molecule has 2 saturated heterocycles. The van der Waals surface area contributed by atoms with Gasteiger partial charge in [0.25, 0.3) is 0 Å². The Bertz CT molecular complexity index is 406. The van der Waals surface area contributed by atoms with E-state index in [2.05, 4.69) is 0 Å². The second-order valence-corrected chi connectivity index (χ2v) is 23.5. The van der Waals surface area contributed by atoms with Crippen LogP contribution in [0.3, 0.4) is 0 Å². The van der Waals surface area contributed by atoms with Crippen LogP contribution in [0.15, 0.2) is 0 Å². The first-order chi connectivity index (χ1) is 7.57. The minimum atomic E-state index is -3.40. The Kier molecular flexibility index (Phi) is 4.75. The summed E-state index contributed by atoms with van der Waals surface area (Å²) in [4.78, 5) is 0. The molecular weight excluding hydrogens is 503 g/mol. The van der Waals surface area contributed by atoms with Crippen molar-refractivity contribution in [2.24, 2.45) is 0 Å². The van der Waals surface area contributed by atoms with Crippen molar-refractivity contribution in [2.45, 2.75) is 0 Å². The van der Waals surface area contributed by atoms with Crippen molar-refractivity contribution in [1.29, 1.82) is 0 Å². The Morgan fingerprint density at radius 1 is 0.941 bits per heavy atom. The summed E-state index contributed by atoms with van der Waals surface area (Å²) in [6.07, 6.45) is 0. The van der Waals surface area contributed by atoms with Crippen molar-refractivity contribution in [1.82, 2.24) is 0 Å². The van der Waals surface area contributed by atoms with Crippen molar-refractivity contribution >= 4 is 68.3 Å². The predicted molar refractivity (Wildman–Crippen MR) is 58.6 cm³/mol. The summed E-state index contributed by atoms with van der Waals surface area (Å²) < 4.78 is 63.5. The zero-order valence-corrected chi connectivity index (χ0v) is 18.4. The monoisotopic (exact) mass is 512 g/mol. The van der Waals surface area contributed by atoms with E-state index in [9.17, 15) is 13.7 Å². The Morgan fingerprint density at radius 2 is 1.24 bits per heavy atom. The van der Waals surface area contributed by atoms with Crippen LogP contribution < -0.4 is 0 Å². The molecule has 2 aliphatic heterocycles. The first-order valence-electron chi connectivity index (χ1n) is 4.40. The molecule has 0 spiro atoms. The third-order valence-electron chi connectivity index (χ3n) is 1.67. The summed E-state index contributed by atoms with van der Waals surface area (Å²) in [6, 6.07) is 0. The van der Waals surface area contributed by atoms with E-state index in [4.69, 9.17) is 15.8 Å². The van der Waals surface area contributed by atoms with Crippen LogP contribution in [-0.2, 0) is 29.5 Å². The molecule has 0 aromatic carbocycles. The van der Waals surface area contributed by atoms with Crippen molar-refractivity contribution < 1.29 is 29.5 Å². The molecule has 14 heteroatoms. The maximum absolute atomic E-state index is 11.8. The summed E-state index contributed by atoms with van der Waals surface area (Å²) in [5, 5.41) is 0. The van der Waals surface area contributed by atoms with Crippen molar-refractivity contribution in [3.05, 3.63) is 0 Å². The van der Waals surface area contributed by atoms with E-state index in [1.165, 1.54) is 20.0 Å². The number of hydrogen-bond acceptors (Lipinski definition) is 9. The minimum absolute atomic E-state index is 1.22. The molecule has 0 aliphatic carbocycles. The van der Waals surface area contributed by atoms with E-state index in [1.54, 1.807) is 0 Å². The molecule has 0 saturated carbocycles. The number of hydrogen-bond donors (Lipinski definition) is 0. The zero-order valence-electron chi connectivity index (χ0n) is 9.17. The van der Waals surface area contributed by atoms with Gasteiger partial charge in [0.2, 0.25) is 0 Å². The summed E-state index contributed by atoms with van der Waals surface area (Å²) in [7, 11) is -9.31. The average Bonchev–Trinajstić information content (AvgIpc) is 1.94. The van der Waals surface area contributed by atoms with Crippen LogP contribution in [0.25, 0.3) is 0 Å². The van der Waals surface area contributed by atoms with Gasteiger partial charge in [-0.05, 0) is 0 Å². The SMILES string of the molecule is CP1(=O)[O][In]([O]P(C)(=O)[O][In]2[O]P(C)(=O)[O]2)[O]1. The van der Waals surface area contributed by atoms with Gasteiger partial charge in [-0.1, -0.05) is 0 Å². The van der Waals surface area contributed by atoms with Gasteiger partial charge in [-0.2, -0.15) is 0 Å². The van der Waals surface area contributed by atoms with Gasteiger partial charge >= 0.3 is 118 Å². The molecule has 0 bridgehead atoms. The molecule has 0 atom stereocenters. The standard InChI is InChI=1S/3CH5O3P.2In/c3*1-5(2,3)4;;/h3*1H3,(H2,2,3,4);;/q;;;2*+3/p-6. The fraction of sp³-hybridized carbons (Fsp3) is 1.00. The van der Waals surface area contributed by atoms with Crippen molar-refractivity contribution in [2.75, 3.05) is 20.0 Å². The summed E-state index contributed by atoms with van der Waals surface area (Å²) >= 11 is -6.64. The zero-order chi connectivity index (χ0) is 12.9. The molecule has 96 valence electrons. The van der Waals surface area contributed by atoms with Crippen LogP contribution in [-0.4, -0.2) is 65.5 Å².